The summed E-state index contributed by atoms with van der Waals surface area (Å²) in [6, 6.07) is 9.61. The van der Waals surface area contributed by atoms with Gasteiger partial charge in [-0.05, 0) is 36.8 Å². The van der Waals surface area contributed by atoms with Crippen LogP contribution >= 0.6 is 11.6 Å². The predicted molar refractivity (Wildman–Crippen MR) is 68.4 cm³/mol. The molecule has 1 heterocycles. The first-order valence-electron chi connectivity index (χ1n) is 5.19. The molecule has 1 N–H and O–H groups in total. The summed E-state index contributed by atoms with van der Waals surface area (Å²) in [6.45, 7) is 1.86. The Morgan fingerprint density at radius 3 is 2.83 bits per heavy atom. The molecular weight excluding hydrogens is 253 g/mol. The zero-order valence-electron chi connectivity index (χ0n) is 9.54. The van der Waals surface area contributed by atoms with Gasteiger partial charge in [-0.15, -0.1) is 0 Å². The van der Waals surface area contributed by atoms with Crippen LogP contribution in [0.2, 0.25) is 5.15 Å². The predicted octanol–water partition coefficient (Wildman–Crippen LogP) is 3.80. The lowest BCUT2D eigenvalue weighted by Gasteiger charge is -2.08. The number of halogens is 2. The van der Waals surface area contributed by atoms with Gasteiger partial charge in [-0.2, -0.15) is 5.26 Å². The van der Waals surface area contributed by atoms with Gasteiger partial charge in [-0.1, -0.05) is 17.7 Å². The molecule has 0 spiro atoms. The molecule has 0 saturated carbocycles. The van der Waals surface area contributed by atoms with Crippen molar-refractivity contribution in [1.82, 2.24) is 4.98 Å². The van der Waals surface area contributed by atoms with Gasteiger partial charge in [0.15, 0.2) is 0 Å². The Hall–Kier alpha value is -2.12. The van der Waals surface area contributed by atoms with E-state index >= 15 is 0 Å². The van der Waals surface area contributed by atoms with E-state index in [1.54, 1.807) is 12.1 Å². The average Bonchev–Trinajstić information content (AvgIpc) is 2.33. The zero-order valence-corrected chi connectivity index (χ0v) is 10.3. The fraction of sp³-hybridized carbons (Fsp3) is 0.0769. The molecule has 3 nitrogen and oxygen atoms in total. The summed E-state index contributed by atoms with van der Waals surface area (Å²) in [7, 11) is 0. The molecule has 1 aromatic carbocycles. The van der Waals surface area contributed by atoms with Gasteiger partial charge < -0.3 is 5.32 Å². The first-order chi connectivity index (χ1) is 8.58. The van der Waals surface area contributed by atoms with Crippen molar-refractivity contribution in [2.45, 2.75) is 6.92 Å². The summed E-state index contributed by atoms with van der Waals surface area (Å²) in [5.74, 6) is -0.0515. The van der Waals surface area contributed by atoms with E-state index in [1.807, 2.05) is 13.0 Å². The van der Waals surface area contributed by atoms with Crippen molar-refractivity contribution in [1.29, 1.82) is 5.26 Å². The number of rotatable bonds is 2. The number of nitrogens with zero attached hydrogens (tertiary/aromatic N) is 2. The normalized spacial score (nSPS) is 9.89. The standard InChI is InChI=1S/C13H9ClFN3/c1-8-2-3-10(15)11(4-8)17-13-6-9(7-16)5-12(14)18-13/h2-6H,1H3,(H,17,18). The molecule has 0 aliphatic heterocycles. The highest BCUT2D eigenvalue weighted by Gasteiger charge is 2.05. The third-order valence-electron chi connectivity index (χ3n) is 2.31. The molecule has 0 fully saturated rings. The summed E-state index contributed by atoms with van der Waals surface area (Å²) in [4.78, 5) is 3.98. The Labute approximate surface area is 109 Å². The van der Waals surface area contributed by atoms with Crippen LogP contribution in [0.3, 0.4) is 0 Å². The number of benzene rings is 1. The van der Waals surface area contributed by atoms with Gasteiger partial charge in [0.2, 0.25) is 0 Å². The summed E-state index contributed by atoms with van der Waals surface area (Å²) >= 11 is 5.77. The van der Waals surface area contributed by atoms with Crippen LogP contribution < -0.4 is 5.32 Å². The number of hydrogen-bond donors (Lipinski definition) is 1. The van der Waals surface area contributed by atoms with Crippen molar-refractivity contribution < 1.29 is 4.39 Å². The van der Waals surface area contributed by atoms with E-state index in [4.69, 9.17) is 16.9 Å². The van der Waals surface area contributed by atoms with Gasteiger partial charge in [0.05, 0.1) is 17.3 Å². The molecule has 2 aromatic rings. The van der Waals surface area contributed by atoms with Crippen molar-refractivity contribution in [2.24, 2.45) is 0 Å². The van der Waals surface area contributed by atoms with E-state index in [1.165, 1.54) is 18.2 Å². The molecule has 0 saturated heterocycles. The highest BCUT2D eigenvalue weighted by molar-refractivity contribution is 6.29. The molecule has 0 aliphatic rings. The molecule has 0 amide bonds. The van der Waals surface area contributed by atoms with E-state index in [0.717, 1.165) is 5.56 Å². The topological polar surface area (TPSA) is 48.7 Å². The molecule has 0 bridgehead atoms. The first kappa shape index (κ1) is 12.3. The monoisotopic (exact) mass is 261 g/mol. The van der Waals surface area contributed by atoms with Crippen molar-refractivity contribution in [2.75, 3.05) is 5.32 Å². The van der Waals surface area contributed by atoms with Crippen LogP contribution in [-0.4, -0.2) is 4.98 Å². The lowest BCUT2D eigenvalue weighted by Crippen LogP contribution is -1.97. The van der Waals surface area contributed by atoms with E-state index in [0.29, 0.717) is 17.1 Å². The van der Waals surface area contributed by atoms with Crippen molar-refractivity contribution >= 4 is 23.1 Å². The minimum Gasteiger partial charge on any atom is -0.338 e. The highest BCUT2D eigenvalue weighted by atomic mass is 35.5. The maximum Gasteiger partial charge on any atom is 0.146 e. The molecule has 2 rings (SSSR count). The van der Waals surface area contributed by atoms with Crippen LogP contribution in [0.5, 0.6) is 0 Å². The van der Waals surface area contributed by atoms with E-state index < -0.39 is 0 Å². The first-order valence-corrected chi connectivity index (χ1v) is 5.57. The Kier molecular flexibility index (Phi) is 3.45. The highest BCUT2D eigenvalue weighted by Crippen LogP contribution is 2.22. The van der Waals surface area contributed by atoms with Gasteiger partial charge in [-0.3, -0.25) is 0 Å². The SMILES string of the molecule is Cc1ccc(F)c(Nc2cc(C#N)cc(Cl)n2)c1. The second-order valence-corrected chi connectivity index (χ2v) is 4.17. The minimum atomic E-state index is -0.388. The van der Waals surface area contributed by atoms with Gasteiger partial charge in [-0.25, -0.2) is 9.37 Å². The molecule has 0 unspecified atom stereocenters. The van der Waals surface area contributed by atoms with E-state index in [-0.39, 0.29) is 11.0 Å². The second-order valence-electron chi connectivity index (χ2n) is 3.78. The van der Waals surface area contributed by atoms with Gasteiger partial charge in [0, 0.05) is 0 Å². The van der Waals surface area contributed by atoms with Crippen LogP contribution in [0, 0.1) is 24.1 Å². The average molecular weight is 262 g/mol. The summed E-state index contributed by atoms with van der Waals surface area (Å²) < 4.78 is 13.5. The number of nitriles is 1. The quantitative estimate of drug-likeness (QED) is 0.837. The summed E-state index contributed by atoms with van der Waals surface area (Å²) in [5, 5.41) is 11.8. The fourth-order valence-electron chi connectivity index (χ4n) is 1.50. The molecule has 0 radical (unpaired) electrons. The number of aryl methyl sites for hydroxylation is 1. The largest absolute Gasteiger partial charge is 0.338 e. The van der Waals surface area contributed by atoms with Gasteiger partial charge in [0.25, 0.3) is 0 Å². The van der Waals surface area contributed by atoms with Crippen molar-refractivity contribution in [3.8, 4) is 6.07 Å². The Morgan fingerprint density at radius 2 is 2.11 bits per heavy atom. The van der Waals surface area contributed by atoms with E-state index in [2.05, 4.69) is 10.3 Å². The molecule has 0 atom stereocenters. The maximum absolute atomic E-state index is 13.5. The molecule has 5 heteroatoms. The number of hydrogen-bond acceptors (Lipinski definition) is 3. The number of nitrogens with one attached hydrogen (secondary N) is 1. The zero-order chi connectivity index (χ0) is 13.1. The third kappa shape index (κ3) is 2.76. The lowest BCUT2D eigenvalue weighted by atomic mass is 10.2. The third-order valence-corrected chi connectivity index (χ3v) is 2.50. The van der Waals surface area contributed by atoms with Crippen LogP contribution in [0.4, 0.5) is 15.9 Å². The van der Waals surface area contributed by atoms with E-state index in [9.17, 15) is 4.39 Å². The van der Waals surface area contributed by atoms with Crippen molar-refractivity contribution in [3.63, 3.8) is 0 Å². The fourth-order valence-corrected chi connectivity index (χ4v) is 1.71. The number of pyridine rings is 1. The molecule has 0 aliphatic carbocycles. The van der Waals surface area contributed by atoms with Crippen LogP contribution in [0.1, 0.15) is 11.1 Å². The smallest absolute Gasteiger partial charge is 0.146 e. The Morgan fingerprint density at radius 1 is 1.33 bits per heavy atom. The van der Waals surface area contributed by atoms with Crippen molar-refractivity contribution in [3.05, 3.63) is 52.4 Å². The van der Waals surface area contributed by atoms with Gasteiger partial charge in [0.1, 0.15) is 16.8 Å². The van der Waals surface area contributed by atoms with Gasteiger partial charge >= 0.3 is 0 Å². The second kappa shape index (κ2) is 5.03. The summed E-state index contributed by atoms with van der Waals surface area (Å²) in [6.07, 6.45) is 0. The molecule has 18 heavy (non-hydrogen) atoms. The molecule has 90 valence electrons. The van der Waals surface area contributed by atoms with Crippen LogP contribution in [0.15, 0.2) is 30.3 Å². The van der Waals surface area contributed by atoms with Crippen LogP contribution in [-0.2, 0) is 0 Å². The Balaban J connectivity index is 2.37. The summed E-state index contributed by atoms with van der Waals surface area (Å²) in [5.41, 5.74) is 1.58. The maximum atomic E-state index is 13.5. The molecular formula is C13H9ClFN3. The Bertz CT molecular complexity index is 635. The number of anilines is 2. The molecule has 1 aromatic heterocycles. The number of aromatic nitrogens is 1. The lowest BCUT2D eigenvalue weighted by molar-refractivity contribution is 0.631. The minimum absolute atomic E-state index is 0.185. The van der Waals surface area contributed by atoms with Crippen LogP contribution in [0.25, 0.3) is 0 Å².